The van der Waals surface area contributed by atoms with E-state index in [0.29, 0.717) is 0 Å². The fraction of sp³-hybridized carbons (Fsp3) is 0.429. The summed E-state index contributed by atoms with van der Waals surface area (Å²) < 4.78 is 0. The molecule has 0 aliphatic heterocycles. The number of phenolic OH excluding ortho intramolecular Hbond substituents is 2. The fourth-order valence-electron chi connectivity index (χ4n) is 3.20. The van der Waals surface area contributed by atoms with E-state index in [1.807, 2.05) is 13.8 Å². The Morgan fingerprint density at radius 2 is 1.69 bits per heavy atom. The Labute approximate surface area is 153 Å². The summed E-state index contributed by atoms with van der Waals surface area (Å²) in [6.45, 7) is 6.14. The van der Waals surface area contributed by atoms with Crippen LogP contribution in [0.2, 0.25) is 0 Å². The number of carbonyl (C=O) groups excluding carboxylic acids is 2. The molecule has 1 aromatic carbocycles. The van der Waals surface area contributed by atoms with E-state index < -0.39 is 17.7 Å². The van der Waals surface area contributed by atoms with Crippen LogP contribution in [0.25, 0.3) is 0 Å². The van der Waals surface area contributed by atoms with Crippen molar-refractivity contribution in [3.8, 4) is 11.5 Å². The van der Waals surface area contributed by atoms with Crippen molar-refractivity contribution in [2.75, 3.05) is 0 Å². The van der Waals surface area contributed by atoms with E-state index in [4.69, 9.17) is 0 Å². The van der Waals surface area contributed by atoms with E-state index >= 15 is 0 Å². The van der Waals surface area contributed by atoms with Crippen LogP contribution in [0.3, 0.4) is 0 Å². The number of carbonyl (C=O) groups is 2. The van der Waals surface area contributed by atoms with Crippen LogP contribution in [0.15, 0.2) is 34.9 Å². The number of aliphatic hydroxyl groups is 1. The summed E-state index contributed by atoms with van der Waals surface area (Å²) in [4.78, 5) is 25.1. The van der Waals surface area contributed by atoms with Gasteiger partial charge in [0.15, 0.2) is 11.6 Å². The van der Waals surface area contributed by atoms with Crippen LogP contribution in [-0.4, -0.2) is 33.0 Å². The van der Waals surface area contributed by atoms with Crippen molar-refractivity contribution >= 4 is 11.6 Å². The van der Waals surface area contributed by atoms with Crippen LogP contribution in [0.1, 0.15) is 73.6 Å². The Kier molecular flexibility index (Phi) is 6.37. The van der Waals surface area contributed by atoms with Gasteiger partial charge in [-0.3, -0.25) is 9.59 Å². The molecular weight excluding hydrogens is 332 g/mol. The van der Waals surface area contributed by atoms with Crippen LogP contribution >= 0.6 is 0 Å². The van der Waals surface area contributed by atoms with Gasteiger partial charge >= 0.3 is 0 Å². The number of hydrogen-bond acceptors (Lipinski definition) is 5. The molecule has 3 N–H and O–H groups in total. The zero-order valence-electron chi connectivity index (χ0n) is 15.5. The monoisotopic (exact) mass is 358 g/mol. The second-order valence-electron chi connectivity index (χ2n) is 6.71. The molecule has 1 atom stereocenters. The Hall–Kier alpha value is -2.40. The average Bonchev–Trinajstić information content (AvgIpc) is 2.62. The molecule has 0 heterocycles. The molecule has 5 nitrogen and oxygen atoms in total. The van der Waals surface area contributed by atoms with Crippen molar-refractivity contribution in [3.05, 3.63) is 46.1 Å². The number of rotatable bonds is 7. The zero-order chi connectivity index (χ0) is 19.4. The Balaban J connectivity index is 2.36. The summed E-state index contributed by atoms with van der Waals surface area (Å²) in [5, 5.41) is 30.5. The van der Waals surface area contributed by atoms with E-state index in [-0.39, 0.29) is 34.6 Å². The molecule has 1 aliphatic carbocycles. The van der Waals surface area contributed by atoms with Crippen molar-refractivity contribution in [2.24, 2.45) is 0 Å². The number of aromatic hydroxyl groups is 2. The first-order valence-electron chi connectivity index (χ1n) is 9.02. The second-order valence-corrected chi connectivity index (χ2v) is 6.71. The first-order chi connectivity index (χ1) is 12.3. The van der Waals surface area contributed by atoms with Crippen molar-refractivity contribution in [2.45, 2.75) is 59.0 Å². The maximum Gasteiger partial charge on any atom is 0.196 e. The van der Waals surface area contributed by atoms with Crippen LogP contribution < -0.4 is 0 Å². The number of aliphatic hydroxyl groups excluding tert-OH is 1. The van der Waals surface area contributed by atoms with Crippen LogP contribution in [0, 0.1) is 0 Å². The van der Waals surface area contributed by atoms with Crippen LogP contribution in [0.5, 0.6) is 11.5 Å². The molecule has 5 heteroatoms. The molecule has 0 saturated heterocycles. The lowest BCUT2D eigenvalue weighted by Gasteiger charge is -2.22. The van der Waals surface area contributed by atoms with Gasteiger partial charge in [-0.1, -0.05) is 31.4 Å². The molecule has 0 bridgehead atoms. The van der Waals surface area contributed by atoms with E-state index in [0.717, 1.165) is 37.3 Å². The molecule has 0 fully saturated rings. The number of Topliss-reactive ketones (excluding diaryl/α,β-unsaturated/α-hetero) is 1. The van der Waals surface area contributed by atoms with Gasteiger partial charge in [0, 0.05) is 5.57 Å². The molecular formula is C21H26O5. The molecule has 26 heavy (non-hydrogen) atoms. The Bertz CT molecular complexity index is 786. The van der Waals surface area contributed by atoms with Gasteiger partial charge in [0.25, 0.3) is 0 Å². The number of fused-ring (bicyclic) bond motifs is 1. The molecule has 0 unspecified atom stereocenters. The highest BCUT2D eigenvalue weighted by atomic mass is 16.3. The minimum Gasteiger partial charge on any atom is -0.507 e. The molecule has 0 saturated carbocycles. The third-order valence-electron chi connectivity index (χ3n) is 4.95. The lowest BCUT2D eigenvalue weighted by molar-refractivity contribution is 0.0941. The van der Waals surface area contributed by atoms with Gasteiger partial charge in [0.05, 0.1) is 17.2 Å². The molecule has 0 radical (unpaired) electrons. The second kappa shape index (κ2) is 8.32. The van der Waals surface area contributed by atoms with Crippen LogP contribution in [0.4, 0.5) is 0 Å². The average molecular weight is 358 g/mol. The van der Waals surface area contributed by atoms with Gasteiger partial charge < -0.3 is 15.3 Å². The number of unbranched alkanes of at least 4 members (excludes halogenated alkanes) is 1. The SMILES string of the molecule is CCCCC(C[C@@H](O)C1=CC(=O)c2c(O)ccc(O)c2C1=O)=C(C)CC. The zero-order valence-corrected chi connectivity index (χ0v) is 15.5. The first-order valence-corrected chi connectivity index (χ1v) is 9.02. The highest BCUT2D eigenvalue weighted by molar-refractivity contribution is 6.26. The quantitative estimate of drug-likeness (QED) is 0.504. The van der Waals surface area contributed by atoms with E-state index in [1.54, 1.807) is 0 Å². The molecule has 1 aromatic rings. The number of benzene rings is 1. The van der Waals surface area contributed by atoms with Crippen molar-refractivity contribution < 1.29 is 24.9 Å². The summed E-state index contributed by atoms with van der Waals surface area (Å²) >= 11 is 0. The predicted molar refractivity (Wildman–Crippen MR) is 99.7 cm³/mol. The smallest absolute Gasteiger partial charge is 0.196 e. The summed E-state index contributed by atoms with van der Waals surface area (Å²) in [6.07, 6.45) is 3.93. The third-order valence-corrected chi connectivity index (χ3v) is 4.95. The predicted octanol–water partition coefficient (Wildman–Crippen LogP) is 4.07. The first kappa shape index (κ1) is 19.9. The normalized spacial score (nSPS) is 16.1. The Morgan fingerprint density at radius 3 is 2.27 bits per heavy atom. The van der Waals surface area contributed by atoms with Crippen molar-refractivity contribution in [1.82, 2.24) is 0 Å². The van der Waals surface area contributed by atoms with Gasteiger partial charge in [-0.2, -0.15) is 0 Å². The van der Waals surface area contributed by atoms with E-state index in [2.05, 4.69) is 6.92 Å². The highest BCUT2D eigenvalue weighted by Crippen LogP contribution is 2.36. The lowest BCUT2D eigenvalue weighted by Crippen LogP contribution is -2.26. The number of hydrogen-bond donors (Lipinski definition) is 3. The molecule has 0 aromatic heterocycles. The van der Waals surface area contributed by atoms with Gasteiger partial charge in [-0.25, -0.2) is 0 Å². The molecule has 2 rings (SSSR count). The van der Waals surface area contributed by atoms with Gasteiger partial charge in [-0.15, -0.1) is 0 Å². The number of phenols is 2. The molecule has 0 spiro atoms. The summed E-state index contributed by atoms with van der Waals surface area (Å²) in [5.74, 6) is -1.94. The molecule has 140 valence electrons. The van der Waals surface area contributed by atoms with Gasteiger partial charge in [-0.05, 0) is 50.8 Å². The third kappa shape index (κ3) is 3.88. The highest BCUT2D eigenvalue weighted by Gasteiger charge is 2.34. The molecule has 0 amide bonds. The van der Waals surface area contributed by atoms with Crippen molar-refractivity contribution in [1.29, 1.82) is 0 Å². The van der Waals surface area contributed by atoms with E-state index in [9.17, 15) is 24.9 Å². The number of allylic oxidation sites excluding steroid dienone is 2. The van der Waals surface area contributed by atoms with Gasteiger partial charge in [0.2, 0.25) is 0 Å². The molecule has 1 aliphatic rings. The summed E-state index contributed by atoms with van der Waals surface area (Å²) in [6, 6.07) is 2.34. The summed E-state index contributed by atoms with van der Waals surface area (Å²) in [7, 11) is 0. The summed E-state index contributed by atoms with van der Waals surface area (Å²) in [5.41, 5.74) is 1.78. The van der Waals surface area contributed by atoms with E-state index in [1.165, 1.54) is 17.7 Å². The topological polar surface area (TPSA) is 94.8 Å². The fourth-order valence-corrected chi connectivity index (χ4v) is 3.20. The van der Waals surface area contributed by atoms with Gasteiger partial charge in [0.1, 0.15) is 11.5 Å². The standard InChI is InChI=1S/C21H26O5/c1-4-6-7-13(12(3)5-2)10-17(24)14-11-18(25)19-15(22)8-9-16(23)20(19)21(14)26/h8-9,11,17,22-24H,4-7,10H2,1-3H3/t17-/m1/s1. The minimum atomic E-state index is -1.13. The minimum absolute atomic E-state index is 0.0405. The lowest BCUT2D eigenvalue weighted by atomic mass is 9.83. The maximum absolute atomic E-state index is 12.7. The largest absolute Gasteiger partial charge is 0.507 e. The maximum atomic E-state index is 12.7. The van der Waals surface area contributed by atoms with Crippen LogP contribution in [-0.2, 0) is 0 Å². The number of ketones is 2. The van der Waals surface area contributed by atoms with Crippen molar-refractivity contribution in [3.63, 3.8) is 0 Å². The Morgan fingerprint density at radius 1 is 1.08 bits per heavy atom.